The van der Waals surface area contributed by atoms with Crippen molar-refractivity contribution in [2.75, 3.05) is 5.32 Å². The van der Waals surface area contributed by atoms with Gasteiger partial charge in [-0.1, -0.05) is 11.6 Å². The first-order chi connectivity index (χ1) is 11.2. The number of nitrogens with zero attached hydrogens (tertiary/aromatic N) is 1. The summed E-state index contributed by atoms with van der Waals surface area (Å²) in [5.74, 6) is -0.961. The van der Waals surface area contributed by atoms with Gasteiger partial charge in [-0.15, -0.1) is 0 Å². The van der Waals surface area contributed by atoms with Crippen LogP contribution in [0.2, 0.25) is 5.02 Å². The Hall–Kier alpha value is -2.35. The van der Waals surface area contributed by atoms with Gasteiger partial charge in [-0.2, -0.15) is 0 Å². The van der Waals surface area contributed by atoms with Crippen LogP contribution in [0.3, 0.4) is 0 Å². The number of anilines is 1. The molecule has 1 amide bonds. The Labute approximate surface area is 150 Å². The summed E-state index contributed by atoms with van der Waals surface area (Å²) in [6, 6.07) is 2.48. The lowest BCUT2D eigenvalue weighted by Gasteiger charge is -2.21. The number of benzene rings is 1. The molecule has 8 nitrogen and oxygen atoms in total. The lowest BCUT2D eigenvalue weighted by atomic mass is 10.1. The van der Waals surface area contributed by atoms with Crippen LogP contribution in [0.5, 0.6) is 0 Å². The molecule has 0 aromatic heterocycles. The zero-order valence-electron chi connectivity index (χ0n) is 14.9. The van der Waals surface area contributed by atoms with Gasteiger partial charge in [0.15, 0.2) is 5.56 Å². The van der Waals surface area contributed by atoms with Crippen LogP contribution in [0.4, 0.5) is 16.2 Å². The number of amides is 1. The second-order valence-electron chi connectivity index (χ2n) is 7.20. The number of nitrogens with one attached hydrogen (secondary N) is 1. The number of ether oxygens (including phenoxy) is 2. The number of esters is 1. The highest BCUT2D eigenvalue weighted by Gasteiger charge is 2.32. The Balaban J connectivity index is 3.33. The number of carbonyl (C=O) groups is 2. The van der Waals surface area contributed by atoms with Crippen LogP contribution >= 0.6 is 11.6 Å². The number of carbonyl (C=O) groups excluding carboxylic acids is 2. The summed E-state index contributed by atoms with van der Waals surface area (Å²) < 4.78 is 10.2. The molecule has 0 saturated heterocycles. The molecule has 1 N–H and O–H groups in total. The Morgan fingerprint density at radius 2 is 1.60 bits per heavy atom. The molecule has 0 bridgehead atoms. The van der Waals surface area contributed by atoms with Gasteiger partial charge in [-0.25, -0.2) is 9.59 Å². The molecule has 0 aliphatic rings. The molecule has 0 saturated carbocycles. The van der Waals surface area contributed by atoms with Crippen LogP contribution in [0.1, 0.15) is 51.9 Å². The van der Waals surface area contributed by atoms with Gasteiger partial charge in [0.05, 0.1) is 9.95 Å². The Morgan fingerprint density at radius 3 is 2.04 bits per heavy atom. The zero-order valence-corrected chi connectivity index (χ0v) is 15.7. The highest BCUT2D eigenvalue weighted by Crippen LogP contribution is 2.35. The standard InChI is InChI=1S/C16H21ClN2O6/c1-15(2,3)24-13(20)11-9(17)7-8-10(12(11)19(22)23)18-14(21)25-16(4,5)6/h7-8H,1-6H3,(H,18,21). The molecule has 0 unspecified atom stereocenters. The van der Waals surface area contributed by atoms with Gasteiger partial charge in [0.1, 0.15) is 16.9 Å². The fourth-order valence-electron chi connectivity index (χ4n) is 1.79. The summed E-state index contributed by atoms with van der Waals surface area (Å²) in [5, 5.41) is 13.6. The third-order valence-corrected chi connectivity index (χ3v) is 2.86. The molecule has 0 radical (unpaired) electrons. The van der Waals surface area contributed by atoms with Gasteiger partial charge in [-0.05, 0) is 53.7 Å². The third kappa shape index (κ3) is 6.22. The van der Waals surface area contributed by atoms with Crippen LogP contribution in [0.25, 0.3) is 0 Å². The van der Waals surface area contributed by atoms with Crippen molar-refractivity contribution in [3.05, 3.63) is 32.8 Å². The maximum atomic E-state index is 12.3. The minimum absolute atomic E-state index is 0.157. The summed E-state index contributed by atoms with van der Waals surface area (Å²) in [5.41, 5.74) is -2.98. The largest absolute Gasteiger partial charge is 0.456 e. The first-order valence-corrected chi connectivity index (χ1v) is 7.79. The van der Waals surface area contributed by atoms with Crippen molar-refractivity contribution >= 4 is 35.0 Å². The third-order valence-electron chi connectivity index (χ3n) is 2.55. The fourth-order valence-corrected chi connectivity index (χ4v) is 2.02. The molecule has 25 heavy (non-hydrogen) atoms. The molecule has 138 valence electrons. The SMILES string of the molecule is CC(C)(C)OC(=O)Nc1ccc(Cl)c(C(=O)OC(C)(C)C)c1[N+](=O)[O-]. The second-order valence-corrected chi connectivity index (χ2v) is 7.61. The van der Waals surface area contributed by atoms with E-state index in [4.69, 9.17) is 21.1 Å². The van der Waals surface area contributed by atoms with Crippen molar-refractivity contribution in [2.24, 2.45) is 0 Å². The van der Waals surface area contributed by atoms with Crippen LogP contribution in [-0.4, -0.2) is 28.2 Å². The average molecular weight is 373 g/mol. The lowest BCUT2D eigenvalue weighted by molar-refractivity contribution is -0.384. The van der Waals surface area contributed by atoms with E-state index >= 15 is 0 Å². The van der Waals surface area contributed by atoms with Gasteiger partial charge in [0.2, 0.25) is 0 Å². The van der Waals surface area contributed by atoms with Gasteiger partial charge < -0.3 is 9.47 Å². The summed E-state index contributed by atoms with van der Waals surface area (Å²) in [7, 11) is 0. The van der Waals surface area contributed by atoms with E-state index in [1.165, 1.54) is 12.1 Å². The van der Waals surface area contributed by atoms with E-state index in [-0.39, 0.29) is 10.7 Å². The molecule has 1 aromatic rings. The fraction of sp³-hybridized carbons (Fsp3) is 0.500. The second kappa shape index (κ2) is 7.26. The highest BCUT2D eigenvalue weighted by atomic mass is 35.5. The number of hydrogen-bond acceptors (Lipinski definition) is 6. The molecular weight excluding hydrogens is 352 g/mol. The molecular formula is C16H21ClN2O6. The summed E-state index contributed by atoms with van der Waals surface area (Å²) in [6.07, 6.45) is -0.895. The Kier molecular flexibility index (Phi) is 6.01. The van der Waals surface area contributed by atoms with Crippen LogP contribution in [0, 0.1) is 10.1 Å². The average Bonchev–Trinajstić information content (AvgIpc) is 2.35. The normalized spacial score (nSPS) is 11.6. The smallest absolute Gasteiger partial charge is 0.412 e. The lowest BCUT2D eigenvalue weighted by Crippen LogP contribution is -2.28. The van der Waals surface area contributed by atoms with E-state index in [1.807, 2.05) is 0 Å². The van der Waals surface area contributed by atoms with E-state index in [1.54, 1.807) is 41.5 Å². The van der Waals surface area contributed by atoms with Crippen LogP contribution < -0.4 is 5.32 Å². The van der Waals surface area contributed by atoms with Crippen molar-refractivity contribution in [3.8, 4) is 0 Å². The predicted octanol–water partition coefficient (Wildman–Crippen LogP) is 4.55. The van der Waals surface area contributed by atoms with E-state index in [0.717, 1.165) is 0 Å². The topological polar surface area (TPSA) is 108 Å². The minimum atomic E-state index is -0.961. The number of nitro benzene ring substituents is 1. The van der Waals surface area contributed by atoms with Crippen molar-refractivity contribution in [3.63, 3.8) is 0 Å². The first-order valence-electron chi connectivity index (χ1n) is 7.41. The van der Waals surface area contributed by atoms with E-state index in [0.29, 0.717) is 0 Å². The summed E-state index contributed by atoms with van der Waals surface area (Å²) >= 11 is 5.96. The maximum absolute atomic E-state index is 12.3. The van der Waals surface area contributed by atoms with Crippen LogP contribution in [-0.2, 0) is 9.47 Å². The van der Waals surface area contributed by atoms with Gasteiger partial charge in [0.25, 0.3) is 0 Å². The Morgan fingerprint density at radius 1 is 1.08 bits per heavy atom. The predicted molar refractivity (Wildman–Crippen MR) is 93.1 cm³/mol. The molecule has 0 spiro atoms. The molecule has 0 heterocycles. The Bertz CT molecular complexity index is 704. The van der Waals surface area contributed by atoms with E-state index in [9.17, 15) is 19.7 Å². The van der Waals surface area contributed by atoms with Gasteiger partial charge >= 0.3 is 17.7 Å². The van der Waals surface area contributed by atoms with Gasteiger partial charge in [0, 0.05) is 0 Å². The summed E-state index contributed by atoms with van der Waals surface area (Å²) in [4.78, 5) is 34.9. The molecule has 1 aromatic carbocycles. The molecule has 0 fully saturated rings. The molecule has 0 atom stereocenters. The number of nitro groups is 1. The van der Waals surface area contributed by atoms with Crippen LogP contribution in [0.15, 0.2) is 12.1 Å². The first kappa shape index (κ1) is 20.7. The quantitative estimate of drug-likeness (QED) is 0.473. The van der Waals surface area contributed by atoms with Crippen molar-refractivity contribution in [1.29, 1.82) is 0 Å². The summed E-state index contributed by atoms with van der Waals surface area (Å²) in [6.45, 7) is 9.80. The van der Waals surface area contributed by atoms with Crippen molar-refractivity contribution in [1.82, 2.24) is 0 Å². The van der Waals surface area contributed by atoms with Crippen molar-refractivity contribution < 1.29 is 24.0 Å². The highest BCUT2D eigenvalue weighted by molar-refractivity contribution is 6.34. The number of rotatable bonds is 3. The van der Waals surface area contributed by atoms with Crippen molar-refractivity contribution in [2.45, 2.75) is 52.7 Å². The molecule has 0 aliphatic heterocycles. The molecule has 0 aliphatic carbocycles. The number of hydrogen-bond donors (Lipinski definition) is 1. The minimum Gasteiger partial charge on any atom is -0.456 e. The van der Waals surface area contributed by atoms with E-state index in [2.05, 4.69) is 5.32 Å². The monoisotopic (exact) mass is 372 g/mol. The van der Waals surface area contributed by atoms with Gasteiger partial charge in [-0.3, -0.25) is 15.4 Å². The zero-order chi connectivity index (χ0) is 19.6. The van der Waals surface area contributed by atoms with E-state index < -0.39 is 39.4 Å². The molecule has 1 rings (SSSR count). The molecule has 9 heteroatoms. The maximum Gasteiger partial charge on any atom is 0.412 e. The number of halogens is 1.